The van der Waals surface area contributed by atoms with Gasteiger partial charge in [-0.25, -0.2) is 4.79 Å². The van der Waals surface area contributed by atoms with Crippen molar-refractivity contribution in [2.75, 3.05) is 20.3 Å². The van der Waals surface area contributed by atoms with Crippen molar-refractivity contribution in [1.29, 1.82) is 0 Å². The molecule has 0 fully saturated rings. The van der Waals surface area contributed by atoms with Crippen LogP contribution < -0.4 is 4.87 Å². The molecule has 1 aromatic carbocycles. The summed E-state index contributed by atoms with van der Waals surface area (Å²) in [4.78, 5) is 52.6. The van der Waals surface area contributed by atoms with Crippen LogP contribution in [0.2, 0.25) is 0 Å². The highest BCUT2D eigenvalue weighted by Gasteiger charge is 2.49. The molecule has 0 saturated heterocycles. The van der Waals surface area contributed by atoms with E-state index >= 15 is 0 Å². The SMILES string of the molecule is CCOC(=O)[C@H]1[C@@H](c2ccc(C(=O)OC)cc2)c2sc(=O)[nH]c2S[C@H]1C(=O)OCC. The molecule has 1 aliphatic rings. The number of carbonyl (C=O) groups is 3. The van der Waals surface area contributed by atoms with Crippen molar-refractivity contribution in [3.8, 4) is 0 Å². The zero-order valence-electron chi connectivity index (χ0n) is 16.6. The fraction of sp³-hybridized carbons (Fsp3) is 0.400. The van der Waals surface area contributed by atoms with Crippen LogP contribution in [0.25, 0.3) is 0 Å². The first-order valence-corrected chi connectivity index (χ1v) is 11.0. The molecule has 3 rings (SSSR count). The summed E-state index contributed by atoms with van der Waals surface area (Å²) in [6, 6.07) is 6.55. The molecule has 0 unspecified atom stereocenters. The van der Waals surface area contributed by atoms with Crippen LogP contribution in [-0.4, -0.2) is 48.5 Å². The van der Waals surface area contributed by atoms with E-state index in [1.165, 1.54) is 7.11 Å². The first-order valence-electron chi connectivity index (χ1n) is 9.32. The number of esters is 3. The normalized spacial score (nSPS) is 20.2. The summed E-state index contributed by atoms with van der Waals surface area (Å²) < 4.78 is 15.2. The molecule has 0 amide bonds. The van der Waals surface area contributed by atoms with Crippen LogP contribution in [0.15, 0.2) is 34.1 Å². The molecule has 0 aliphatic carbocycles. The summed E-state index contributed by atoms with van der Waals surface area (Å²) in [5.41, 5.74) is 1.02. The molecule has 2 heterocycles. The Kier molecular flexibility index (Phi) is 6.99. The summed E-state index contributed by atoms with van der Waals surface area (Å²) in [6.07, 6.45) is 0. The van der Waals surface area contributed by atoms with Gasteiger partial charge in [0.1, 0.15) is 5.25 Å². The fourth-order valence-electron chi connectivity index (χ4n) is 3.38. The Labute approximate surface area is 180 Å². The Bertz CT molecular complexity index is 995. The van der Waals surface area contributed by atoms with Crippen LogP contribution in [0.4, 0.5) is 0 Å². The van der Waals surface area contributed by atoms with E-state index in [0.29, 0.717) is 21.0 Å². The Morgan fingerprint density at radius 2 is 1.67 bits per heavy atom. The van der Waals surface area contributed by atoms with Gasteiger partial charge in [-0.3, -0.25) is 14.4 Å². The lowest BCUT2D eigenvalue weighted by atomic mass is 9.82. The molecule has 1 aliphatic heterocycles. The topological polar surface area (TPSA) is 112 Å². The molecule has 0 bridgehead atoms. The molecule has 0 saturated carbocycles. The third-order valence-corrected chi connectivity index (χ3v) is 7.02. The molecule has 10 heteroatoms. The highest BCUT2D eigenvalue weighted by Crippen LogP contribution is 2.49. The van der Waals surface area contributed by atoms with Crippen LogP contribution in [-0.2, 0) is 23.8 Å². The number of rotatable bonds is 6. The van der Waals surface area contributed by atoms with Crippen molar-refractivity contribution in [3.63, 3.8) is 0 Å². The number of aromatic nitrogens is 1. The van der Waals surface area contributed by atoms with Crippen molar-refractivity contribution in [2.24, 2.45) is 5.92 Å². The van der Waals surface area contributed by atoms with E-state index in [9.17, 15) is 19.2 Å². The minimum Gasteiger partial charge on any atom is -0.466 e. The molecule has 160 valence electrons. The van der Waals surface area contributed by atoms with Crippen LogP contribution >= 0.6 is 23.1 Å². The predicted molar refractivity (Wildman–Crippen MR) is 111 cm³/mol. The molecule has 2 aromatic rings. The highest BCUT2D eigenvalue weighted by atomic mass is 32.2. The third-order valence-electron chi connectivity index (χ3n) is 4.62. The van der Waals surface area contributed by atoms with Crippen molar-refractivity contribution >= 4 is 41.0 Å². The van der Waals surface area contributed by atoms with E-state index < -0.39 is 35.0 Å². The molecule has 8 nitrogen and oxygen atoms in total. The molecule has 0 radical (unpaired) electrons. The number of hydrogen-bond donors (Lipinski definition) is 1. The number of benzene rings is 1. The molecule has 3 atom stereocenters. The number of methoxy groups -OCH3 is 1. The van der Waals surface area contributed by atoms with E-state index in [4.69, 9.17) is 14.2 Å². The average molecular weight is 452 g/mol. The smallest absolute Gasteiger partial charge is 0.337 e. The molecule has 1 aromatic heterocycles. The molecule has 1 N–H and O–H groups in total. The standard InChI is InChI=1S/C20H21NO7S2/c1-4-27-18(23)13-12(10-6-8-11(9-7-10)17(22)26-3)14-16(21-20(25)30-14)29-15(13)19(24)28-5-2/h6-9,12-13,15H,4-5H2,1-3H3,(H,21,25)/t12-,13+,15-/m1/s1. The summed E-state index contributed by atoms with van der Waals surface area (Å²) in [5, 5.41) is -0.349. The van der Waals surface area contributed by atoms with E-state index in [1.54, 1.807) is 38.1 Å². The quantitative estimate of drug-likeness (QED) is 0.527. The Morgan fingerprint density at radius 3 is 2.27 bits per heavy atom. The Balaban J connectivity index is 2.13. The van der Waals surface area contributed by atoms with E-state index in [1.807, 2.05) is 0 Å². The lowest BCUT2D eigenvalue weighted by Crippen LogP contribution is -2.41. The predicted octanol–water partition coefficient (Wildman–Crippen LogP) is 2.57. The van der Waals surface area contributed by atoms with Gasteiger partial charge in [0.2, 0.25) is 0 Å². The lowest BCUT2D eigenvalue weighted by Gasteiger charge is -2.34. The van der Waals surface area contributed by atoms with Crippen LogP contribution in [0, 0.1) is 5.92 Å². The first kappa shape index (κ1) is 22.1. The van der Waals surface area contributed by atoms with Crippen molar-refractivity contribution in [1.82, 2.24) is 4.98 Å². The lowest BCUT2D eigenvalue weighted by molar-refractivity contribution is -0.154. The minimum atomic E-state index is -0.892. The second-order valence-electron chi connectivity index (χ2n) is 6.37. The minimum absolute atomic E-state index is 0.153. The number of fused-ring (bicyclic) bond motifs is 1. The van der Waals surface area contributed by atoms with E-state index in [0.717, 1.165) is 23.1 Å². The Morgan fingerprint density at radius 1 is 1.03 bits per heavy atom. The highest BCUT2D eigenvalue weighted by molar-refractivity contribution is 8.00. The summed E-state index contributed by atoms with van der Waals surface area (Å²) in [5.74, 6) is -3.08. The fourth-order valence-corrected chi connectivity index (χ4v) is 5.84. The average Bonchev–Trinajstić information content (AvgIpc) is 3.12. The first-order chi connectivity index (χ1) is 14.4. The summed E-state index contributed by atoms with van der Waals surface area (Å²) in [7, 11) is 1.29. The van der Waals surface area contributed by atoms with Crippen molar-refractivity contribution < 1.29 is 28.6 Å². The number of carbonyl (C=O) groups excluding carboxylic acids is 3. The number of aromatic amines is 1. The number of thiazole rings is 1. The molecular weight excluding hydrogens is 430 g/mol. The van der Waals surface area contributed by atoms with Gasteiger partial charge in [0.25, 0.3) is 0 Å². The Hall–Kier alpha value is -2.59. The van der Waals surface area contributed by atoms with Gasteiger partial charge in [-0.1, -0.05) is 35.2 Å². The van der Waals surface area contributed by atoms with Gasteiger partial charge in [-0.15, -0.1) is 0 Å². The number of thioether (sulfide) groups is 1. The second kappa shape index (κ2) is 9.48. The maximum atomic E-state index is 12.9. The van der Waals surface area contributed by atoms with Gasteiger partial charge in [0, 0.05) is 10.8 Å². The largest absolute Gasteiger partial charge is 0.466 e. The summed E-state index contributed by atoms with van der Waals surface area (Å²) in [6.45, 7) is 3.69. The van der Waals surface area contributed by atoms with Crippen LogP contribution in [0.5, 0.6) is 0 Å². The van der Waals surface area contributed by atoms with Gasteiger partial charge < -0.3 is 19.2 Å². The van der Waals surface area contributed by atoms with Gasteiger partial charge >= 0.3 is 22.8 Å². The maximum absolute atomic E-state index is 12.9. The van der Waals surface area contributed by atoms with Crippen LogP contribution in [0.1, 0.15) is 40.6 Å². The third kappa shape index (κ3) is 4.29. The van der Waals surface area contributed by atoms with Gasteiger partial charge in [-0.05, 0) is 31.5 Å². The maximum Gasteiger partial charge on any atom is 0.337 e. The number of hydrogen-bond acceptors (Lipinski definition) is 9. The monoisotopic (exact) mass is 451 g/mol. The zero-order valence-corrected chi connectivity index (χ0v) is 18.3. The molecule has 30 heavy (non-hydrogen) atoms. The number of H-pyrrole nitrogens is 1. The number of ether oxygens (including phenoxy) is 3. The van der Waals surface area contributed by atoms with Gasteiger partial charge in [-0.2, -0.15) is 0 Å². The number of nitrogens with one attached hydrogen (secondary N) is 1. The summed E-state index contributed by atoms with van der Waals surface area (Å²) >= 11 is 2.09. The zero-order chi connectivity index (χ0) is 21.8. The molecule has 0 spiro atoms. The molecular formula is C20H21NO7S2. The van der Waals surface area contributed by atoms with Gasteiger partial charge in [0.05, 0.1) is 36.8 Å². The van der Waals surface area contributed by atoms with Gasteiger partial charge in [0.15, 0.2) is 0 Å². The second-order valence-corrected chi connectivity index (χ2v) is 8.53. The van der Waals surface area contributed by atoms with Crippen molar-refractivity contribution in [3.05, 3.63) is 49.9 Å². The van der Waals surface area contributed by atoms with E-state index in [2.05, 4.69) is 4.98 Å². The van der Waals surface area contributed by atoms with Crippen LogP contribution in [0.3, 0.4) is 0 Å². The van der Waals surface area contributed by atoms with Crippen molar-refractivity contribution in [2.45, 2.75) is 30.0 Å². The van der Waals surface area contributed by atoms with E-state index in [-0.39, 0.29) is 18.1 Å².